The number of halogens is 4. The van der Waals surface area contributed by atoms with Crippen molar-refractivity contribution in [3.05, 3.63) is 52.6 Å². The van der Waals surface area contributed by atoms with Crippen molar-refractivity contribution in [1.29, 1.82) is 0 Å². The monoisotopic (exact) mass is 388 g/mol. The Bertz CT molecular complexity index is 822. The first-order valence-corrected chi connectivity index (χ1v) is 7.74. The number of imidazole rings is 1. The van der Waals surface area contributed by atoms with E-state index in [2.05, 4.69) is 15.6 Å². The van der Waals surface area contributed by atoms with Gasteiger partial charge in [-0.25, -0.2) is 9.78 Å². The number of aromatic nitrogens is 2. The summed E-state index contributed by atoms with van der Waals surface area (Å²) in [4.78, 5) is 28.9. The van der Waals surface area contributed by atoms with Crippen molar-refractivity contribution in [2.24, 2.45) is 0 Å². The predicted molar refractivity (Wildman–Crippen MR) is 83.3 cm³/mol. The lowest BCUT2D eigenvalue weighted by Crippen LogP contribution is -2.39. The van der Waals surface area contributed by atoms with Gasteiger partial charge in [0.15, 0.2) is 6.10 Å². The van der Waals surface area contributed by atoms with Crippen LogP contribution in [-0.2, 0) is 15.7 Å². The number of aromatic amines is 1. The molecule has 0 bridgehead atoms. The van der Waals surface area contributed by atoms with Crippen LogP contribution in [0.3, 0.4) is 0 Å². The van der Waals surface area contributed by atoms with E-state index < -0.39 is 36.1 Å². The number of carbonyl (C=O) groups is 2. The highest BCUT2D eigenvalue weighted by atomic mass is 35.5. The molecule has 11 heteroatoms. The van der Waals surface area contributed by atoms with Crippen LogP contribution in [0.4, 0.5) is 18.0 Å². The largest absolute Gasteiger partial charge is 0.449 e. The predicted octanol–water partition coefficient (Wildman–Crippen LogP) is 2.40. The van der Waals surface area contributed by atoms with E-state index in [1.807, 2.05) is 4.98 Å². The highest BCUT2D eigenvalue weighted by Gasteiger charge is 2.36. The number of hydrogen-bond acceptors (Lipinski definition) is 4. The van der Waals surface area contributed by atoms with Gasteiger partial charge in [0.2, 0.25) is 5.82 Å². The number of H-pyrrole nitrogens is 1. The molecule has 7 nitrogen and oxygen atoms in total. The number of hydrogen-bond donors (Lipinski definition) is 3. The number of amides is 2. The first-order valence-electron chi connectivity index (χ1n) is 7.37. The summed E-state index contributed by atoms with van der Waals surface area (Å²) in [6.45, 7) is -0.0353. The van der Waals surface area contributed by atoms with Crippen LogP contribution in [0.2, 0.25) is 5.02 Å². The number of benzene rings is 1. The van der Waals surface area contributed by atoms with Crippen LogP contribution in [0.1, 0.15) is 23.1 Å². The minimum Gasteiger partial charge on any atom is -0.434 e. The topological polar surface area (TPSA) is 96.1 Å². The number of rotatable bonds is 4. The normalized spacial score (nSPS) is 18.2. The van der Waals surface area contributed by atoms with Crippen LogP contribution >= 0.6 is 11.6 Å². The van der Waals surface area contributed by atoms with Crippen molar-refractivity contribution in [2.75, 3.05) is 6.54 Å². The third-order valence-corrected chi connectivity index (χ3v) is 3.88. The Labute approximate surface area is 149 Å². The Hall–Kier alpha value is -2.75. The molecule has 2 atom stereocenters. The summed E-state index contributed by atoms with van der Waals surface area (Å²) in [5.41, 5.74) is 0.408. The molecule has 0 radical (unpaired) electrons. The maximum Gasteiger partial charge on any atom is 0.449 e. The van der Waals surface area contributed by atoms with Gasteiger partial charge in [0, 0.05) is 11.2 Å². The van der Waals surface area contributed by atoms with Crippen LogP contribution in [0.5, 0.6) is 0 Å². The van der Waals surface area contributed by atoms with Gasteiger partial charge < -0.3 is 20.4 Å². The number of cyclic esters (lactones) is 1. The molecule has 1 unspecified atom stereocenters. The summed E-state index contributed by atoms with van der Waals surface area (Å²) in [6.07, 6.45) is -5.43. The summed E-state index contributed by atoms with van der Waals surface area (Å²) < 4.78 is 43.2. The molecule has 1 aliphatic heterocycles. The fourth-order valence-electron chi connectivity index (χ4n) is 2.38. The second-order valence-electron chi connectivity index (χ2n) is 5.44. The van der Waals surface area contributed by atoms with Crippen molar-refractivity contribution in [1.82, 2.24) is 20.6 Å². The second kappa shape index (κ2) is 6.87. The van der Waals surface area contributed by atoms with E-state index in [9.17, 15) is 22.8 Å². The van der Waals surface area contributed by atoms with Gasteiger partial charge >= 0.3 is 12.3 Å². The van der Waals surface area contributed by atoms with E-state index in [-0.39, 0.29) is 12.2 Å². The maximum atomic E-state index is 12.8. The molecule has 0 saturated carbocycles. The van der Waals surface area contributed by atoms with Crippen molar-refractivity contribution in [3.8, 4) is 0 Å². The Kier molecular flexibility index (Phi) is 4.77. The van der Waals surface area contributed by atoms with Crippen LogP contribution in [0.25, 0.3) is 0 Å². The third kappa shape index (κ3) is 3.90. The van der Waals surface area contributed by atoms with Gasteiger partial charge in [-0.3, -0.25) is 4.79 Å². The summed E-state index contributed by atoms with van der Waals surface area (Å²) in [5, 5.41) is 5.29. The zero-order valence-electron chi connectivity index (χ0n) is 12.9. The summed E-state index contributed by atoms with van der Waals surface area (Å²) in [7, 11) is 0. The van der Waals surface area contributed by atoms with E-state index in [1.165, 1.54) is 12.1 Å². The Morgan fingerprint density at radius 1 is 1.35 bits per heavy atom. The molecule has 1 saturated heterocycles. The van der Waals surface area contributed by atoms with Crippen LogP contribution in [0, 0.1) is 0 Å². The number of ether oxygens (including phenoxy) is 1. The molecule has 1 aliphatic rings. The molecule has 2 heterocycles. The minimum absolute atomic E-state index is 0.0353. The van der Waals surface area contributed by atoms with Gasteiger partial charge in [-0.2, -0.15) is 13.2 Å². The molecule has 1 aromatic heterocycles. The first kappa shape index (κ1) is 18.1. The molecule has 1 fully saturated rings. The van der Waals surface area contributed by atoms with Crippen LogP contribution < -0.4 is 10.6 Å². The Balaban J connectivity index is 1.89. The SMILES string of the molecule is O=C1NCC(C(=O)N[C@H](c2ccc(Cl)cc2)c2c[nH]c(C(F)(F)F)n2)O1. The molecular weight excluding hydrogens is 377 g/mol. The van der Waals surface area contributed by atoms with Gasteiger partial charge in [0.05, 0.1) is 18.3 Å². The van der Waals surface area contributed by atoms with Crippen LogP contribution in [0.15, 0.2) is 30.5 Å². The van der Waals surface area contributed by atoms with Gasteiger partial charge in [0.1, 0.15) is 0 Å². The number of alkyl carbamates (subject to hydrolysis) is 1. The van der Waals surface area contributed by atoms with Gasteiger partial charge in [-0.1, -0.05) is 23.7 Å². The third-order valence-electron chi connectivity index (χ3n) is 3.63. The highest BCUT2D eigenvalue weighted by Crippen LogP contribution is 2.29. The number of carbonyl (C=O) groups excluding carboxylic acids is 2. The van der Waals surface area contributed by atoms with E-state index in [1.54, 1.807) is 12.1 Å². The lowest BCUT2D eigenvalue weighted by molar-refractivity contribution is -0.144. The number of nitrogens with zero attached hydrogens (tertiary/aromatic N) is 1. The Morgan fingerprint density at radius 3 is 2.58 bits per heavy atom. The molecule has 0 aliphatic carbocycles. The smallest absolute Gasteiger partial charge is 0.434 e. The minimum atomic E-state index is -4.66. The molecule has 138 valence electrons. The van der Waals surface area contributed by atoms with E-state index in [0.717, 1.165) is 6.20 Å². The fraction of sp³-hybridized carbons (Fsp3) is 0.267. The summed E-state index contributed by atoms with van der Waals surface area (Å²) in [6, 6.07) is 5.17. The van der Waals surface area contributed by atoms with Gasteiger partial charge in [-0.05, 0) is 17.7 Å². The number of alkyl halides is 3. The van der Waals surface area contributed by atoms with E-state index in [4.69, 9.17) is 16.3 Å². The van der Waals surface area contributed by atoms with Crippen molar-refractivity contribution in [2.45, 2.75) is 18.3 Å². The maximum absolute atomic E-state index is 12.8. The zero-order valence-corrected chi connectivity index (χ0v) is 13.7. The van der Waals surface area contributed by atoms with Crippen molar-refractivity contribution in [3.63, 3.8) is 0 Å². The molecule has 3 rings (SSSR count). The van der Waals surface area contributed by atoms with Crippen molar-refractivity contribution >= 4 is 23.6 Å². The first-order chi connectivity index (χ1) is 12.2. The lowest BCUT2D eigenvalue weighted by atomic mass is 10.0. The Morgan fingerprint density at radius 2 is 2.04 bits per heavy atom. The average Bonchev–Trinajstić information content (AvgIpc) is 3.22. The molecule has 3 N–H and O–H groups in total. The molecule has 0 spiro atoms. The summed E-state index contributed by atoms with van der Waals surface area (Å²) in [5.74, 6) is -1.85. The van der Waals surface area contributed by atoms with E-state index >= 15 is 0 Å². The quantitative estimate of drug-likeness (QED) is 0.749. The van der Waals surface area contributed by atoms with Crippen molar-refractivity contribution < 1.29 is 27.5 Å². The molecular formula is C15H12ClF3N4O3. The fourth-order valence-corrected chi connectivity index (χ4v) is 2.51. The molecule has 1 aromatic carbocycles. The molecule has 26 heavy (non-hydrogen) atoms. The molecule has 2 aromatic rings. The van der Waals surface area contributed by atoms with Crippen LogP contribution in [-0.4, -0.2) is 34.6 Å². The summed E-state index contributed by atoms with van der Waals surface area (Å²) >= 11 is 5.83. The number of nitrogens with one attached hydrogen (secondary N) is 3. The zero-order chi connectivity index (χ0) is 18.9. The standard InChI is InChI=1S/C15H12ClF3N4O3/c16-8-3-1-7(2-4-8)11(9-5-20-13(22-9)15(17,18)19)23-12(24)10-6-21-14(25)26-10/h1-5,10-11H,6H2,(H,20,22)(H,21,25)(H,23,24)/t10?,11-/m1/s1. The van der Waals surface area contributed by atoms with Gasteiger partial charge in [0.25, 0.3) is 5.91 Å². The lowest BCUT2D eigenvalue weighted by Gasteiger charge is -2.19. The average molecular weight is 389 g/mol. The highest BCUT2D eigenvalue weighted by molar-refractivity contribution is 6.30. The second-order valence-corrected chi connectivity index (χ2v) is 5.88. The van der Waals surface area contributed by atoms with Gasteiger partial charge in [-0.15, -0.1) is 0 Å². The van der Waals surface area contributed by atoms with E-state index in [0.29, 0.717) is 10.6 Å². The molecule has 2 amide bonds.